The van der Waals surface area contributed by atoms with E-state index in [0.717, 1.165) is 12.0 Å². The molecule has 1 aromatic rings. The van der Waals surface area contributed by atoms with Crippen LogP contribution in [0.4, 0.5) is 20.6 Å². The van der Waals surface area contributed by atoms with Crippen molar-refractivity contribution in [3.8, 4) is 6.07 Å². The van der Waals surface area contributed by atoms with Crippen LogP contribution in [0, 0.1) is 23.1 Å². The SMILES string of the molecule is C[C@@H]1CN(c2ccc(N3C[C@H](CNC(N)=S)OC3=O)cc2F)CC/C1=C\C#N. The molecule has 0 saturated carbocycles. The molecule has 2 heterocycles. The molecule has 148 valence electrons. The average molecular weight is 403 g/mol. The molecule has 0 aliphatic carbocycles. The first-order chi connectivity index (χ1) is 13.4. The number of nitriles is 1. The average Bonchev–Trinajstić information content (AvgIpc) is 3.02. The fourth-order valence-electron chi connectivity index (χ4n) is 3.54. The van der Waals surface area contributed by atoms with Gasteiger partial charge in [0.15, 0.2) is 5.11 Å². The number of piperidine rings is 1. The van der Waals surface area contributed by atoms with Gasteiger partial charge in [-0.3, -0.25) is 4.90 Å². The summed E-state index contributed by atoms with van der Waals surface area (Å²) in [4.78, 5) is 15.5. The van der Waals surface area contributed by atoms with E-state index in [9.17, 15) is 9.18 Å². The summed E-state index contributed by atoms with van der Waals surface area (Å²) >= 11 is 4.75. The third-order valence-corrected chi connectivity index (χ3v) is 5.15. The van der Waals surface area contributed by atoms with Gasteiger partial charge < -0.3 is 20.7 Å². The van der Waals surface area contributed by atoms with Gasteiger partial charge in [0, 0.05) is 19.2 Å². The van der Waals surface area contributed by atoms with Crippen LogP contribution in [0.1, 0.15) is 13.3 Å². The second-order valence-corrected chi connectivity index (χ2v) is 7.38. The predicted molar refractivity (Wildman–Crippen MR) is 108 cm³/mol. The summed E-state index contributed by atoms with van der Waals surface area (Å²) in [6, 6.07) is 6.83. The van der Waals surface area contributed by atoms with Gasteiger partial charge in [-0.2, -0.15) is 5.26 Å². The van der Waals surface area contributed by atoms with E-state index < -0.39 is 18.0 Å². The Hall–Kier alpha value is -2.86. The Morgan fingerprint density at radius 1 is 1.54 bits per heavy atom. The quantitative estimate of drug-likeness (QED) is 0.588. The second kappa shape index (κ2) is 8.44. The molecule has 1 amide bonds. The number of nitrogens with one attached hydrogen (secondary N) is 1. The van der Waals surface area contributed by atoms with E-state index in [0.29, 0.717) is 31.0 Å². The van der Waals surface area contributed by atoms with Crippen molar-refractivity contribution in [3.05, 3.63) is 35.7 Å². The third kappa shape index (κ3) is 4.34. The Bertz CT molecular complexity index is 853. The van der Waals surface area contributed by atoms with Crippen LogP contribution in [0.2, 0.25) is 0 Å². The lowest BCUT2D eigenvalue weighted by Crippen LogP contribution is -2.37. The minimum absolute atomic E-state index is 0.133. The van der Waals surface area contributed by atoms with Crippen LogP contribution >= 0.6 is 12.2 Å². The molecule has 9 heteroatoms. The largest absolute Gasteiger partial charge is 0.442 e. The molecule has 0 radical (unpaired) electrons. The van der Waals surface area contributed by atoms with Crippen molar-refractivity contribution in [2.75, 3.05) is 36.0 Å². The van der Waals surface area contributed by atoms with E-state index in [2.05, 4.69) is 11.4 Å². The van der Waals surface area contributed by atoms with Crippen molar-refractivity contribution in [1.82, 2.24) is 5.32 Å². The Balaban J connectivity index is 1.69. The molecule has 2 atom stereocenters. The topological polar surface area (TPSA) is 94.6 Å². The highest BCUT2D eigenvalue weighted by Crippen LogP contribution is 2.31. The van der Waals surface area contributed by atoms with E-state index >= 15 is 0 Å². The first-order valence-corrected chi connectivity index (χ1v) is 9.44. The number of carbonyl (C=O) groups excluding carboxylic acids is 1. The van der Waals surface area contributed by atoms with Crippen molar-refractivity contribution < 1.29 is 13.9 Å². The van der Waals surface area contributed by atoms with Gasteiger partial charge in [0.25, 0.3) is 0 Å². The second-order valence-electron chi connectivity index (χ2n) is 6.94. The van der Waals surface area contributed by atoms with Crippen LogP contribution in [-0.4, -0.2) is 43.5 Å². The zero-order chi connectivity index (χ0) is 20.3. The van der Waals surface area contributed by atoms with E-state index in [1.807, 2.05) is 11.8 Å². The van der Waals surface area contributed by atoms with Crippen LogP contribution in [0.15, 0.2) is 29.8 Å². The van der Waals surface area contributed by atoms with Crippen molar-refractivity contribution >= 4 is 34.8 Å². The molecule has 28 heavy (non-hydrogen) atoms. The number of carbonyl (C=O) groups is 1. The van der Waals surface area contributed by atoms with Crippen LogP contribution in [0.3, 0.4) is 0 Å². The zero-order valence-corrected chi connectivity index (χ0v) is 16.3. The van der Waals surface area contributed by atoms with Crippen molar-refractivity contribution in [1.29, 1.82) is 5.26 Å². The van der Waals surface area contributed by atoms with Crippen LogP contribution < -0.4 is 20.9 Å². The number of nitrogens with zero attached hydrogens (tertiary/aromatic N) is 3. The lowest BCUT2D eigenvalue weighted by Gasteiger charge is -2.34. The maximum Gasteiger partial charge on any atom is 0.414 e. The molecule has 1 aromatic carbocycles. The number of nitrogens with two attached hydrogens (primary N) is 1. The minimum Gasteiger partial charge on any atom is -0.442 e. The summed E-state index contributed by atoms with van der Waals surface area (Å²) in [6.07, 6.45) is 1.37. The number of allylic oxidation sites excluding steroid dienone is 1. The summed E-state index contributed by atoms with van der Waals surface area (Å²) in [7, 11) is 0. The number of ether oxygens (including phenoxy) is 1. The molecule has 2 aliphatic rings. The zero-order valence-electron chi connectivity index (χ0n) is 15.5. The summed E-state index contributed by atoms with van der Waals surface area (Å²) in [6.45, 7) is 3.91. The maximum absolute atomic E-state index is 14.8. The molecule has 0 spiro atoms. The molecule has 3 N–H and O–H groups in total. The van der Waals surface area contributed by atoms with Crippen molar-refractivity contribution in [2.45, 2.75) is 19.4 Å². The number of rotatable bonds is 4. The van der Waals surface area contributed by atoms with Gasteiger partial charge in [0.05, 0.1) is 30.5 Å². The highest BCUT2D eigenvalue weighted by Gasteiger charge is 2.33. The lowest BCUT2D eigenvalue weighted by molar-refractivity contribution is 0.143. The first kappa shape index (κ1) is 19.9. The molecule has 3 rings (SSSR count). The normalized spacial score (nSPS) is 23.5. The Labute approximate surface area is 168 Å². The number of hydrogen-bond acceptors (Lipinski definition) is 5. The Morgan fingerprint density at radius 2 is 2.32 bits per heavy atom. The monoisotopic (exact) mass is 403 g/mol. The van der Waals surface area contributed by atoms with Crippen LogP contribution in [-0.2, 0) is 4.74 Å². The van der Waals surface area contributed by atoms with Crippen LogP contribution in [0.25, 0.3) is 0 Å². The van der Waals surface area contributed by atoms with Gasteiger partial charge in [-0.05, 0) is 42.8 Å². The fraction of sp³-hybridized carbons (Fsp3) is 0.421. The summed E-state index contributed by atoms with van der Waals surface area (Å²) in [5.74, 6) is -0.210. The molecular formula is C19H22FN5O2S. The van der Waals surface area contributed by atoms with Crippen LogP contribution in [0.5, 0.6) is 0 Å². The number of anilines is 2. The van der Waals surface area contributed by atoms with E-state index in [1.165, 1.54) is 11.0 Å². The van der Waals surface area contributed by atoms with E-state index in [-0.39, 0.29) is 17.6 Å². The molecule has 2 fully saturated rings. The van der Waals surface area contributed by atoms with Gasteiger partial charge in [0.2, 0.25) is 0 Å². The minimum atomic E-state index is -0.528. The van der Waals surface area contributed by atoms with E-state index in [4.69, 9.17) is 28.0 Å². The predicted octanol–water partition coefficient (Wildman–Crippen LogP) is 2.28. The lowest BCUT2D eigenvalue weighted by atomic mass is 9.92. The Kier molecular flexibility index (Phi) is 5.99. The molecule has 0 unspecified atom stereocenters. The highest BCUT2D eigenvalue weighted by atomic mass is 32.1. The van der Waals surface area contributed by atoms with E-state index in [1.54, 1.807) is 18.2 Å². The molecular weight excluding hydrogens is 381 g/mol. The van der Waals surface area contributed by atoms with Gasteiger partial charge in [-0.1, -0.05) is 12.5 Å². The van der Waals surface area contributed by atoms with Gasteiger partial charge in [0.1, 0.15) is 11.9 Å². The molecule has 7 nitrogen and oxygen atoms in total. The smallest absolute Gasteiger partial charge is 0.414 e. The number of cyclic esters (lactones) is 1. The number of amides is 1. The molecule has 2 aliphatic heterocycles. The van der Waals surface area contributed by atoms with Crippen molar-refractivity contribution in [3.63, 3.8) is 0 Å². The fourth-order valence-corrected chi connectivity index (χ4v) is 3.62. The molecule has 0 aromatic heterocycles. The summed E-state index contributed by atoms with van der Waals surface area (Å²) in [5, 5.41) is 11.7. The number of halogens is 1. The summed E-state index contributed by atoms with van der Waals surface area (Å²) < 4.78 is 20.1. The summed E-state index contributed by atoms with van der Waals surface area (Å²) in [5.41, 5.74) is 7.41. The first-order valence-electron chi connectivity index (χ1n) is 9.03. The maximum atomic E-state index is 14.8. The Morgan fingerprint density at radius 3 is 2.96 bits per heavy atom. The molecule has 2 saturated heterocycles. The van der Waals surface area contributed by atoms with Gasteiger partial charge in [-0.15, -0.1) is 0 Å². The standard InChI is InChI=1S/C19H22FN5O2S/c1-12-10-24(7-5-13(12)4-6-21)17-3-2-14(8-16(17)20)25-11-15(27-19(25)26)9-23-18(22)28/h2-4,8,12,15H,5,7,9-11H2,1H3,(H3,22,23,28)/b13-4+/t12-,15+/m1/s1. The highest BCUT2D eigenvalue weighted by molar-refractivity contribution is 7.80. The van der Waals surface area contributed by atoms with Crippen molar-refractivity contribution in [2.24, 2.45) is 11.7 Å². The number of benzene rings is 1. The number of hydrogen-bond donors (Lipinski definition) is 2. The molecule has 0 bridgehead atoms. The number of thiocarbonyl (C=S) groups is 1. The van der Waals surface area contributed by atoms with Gasteiger partial charge >= 0.3 is 6.09 Å². The van der Waals surface area contributed by atoms with Gasteiger partial charge in [-0.25, -0.2) is 9.18 Å². The third-order valence-electron chi connectivity index (χ3n) is 5.01.